The maximum absolute atomic E-state index is 11.8. The Labute approximate surface area is 118 Å². The van der Waals surface area contributed by atoms with Gasteiger partial charge in [0.05, 0.1) is 5.41 Å². The van der Waals surface area contributed by atoms with Crippen LogP contribution in [0.25, 0.3) is 0 Å². The van der Waals surface area contributed by atoms with Gasteiger partial charge < -0.3 is 9.84 Å². The van der Waals surface area contributed by atoms with Gasteiger partial charge in [-0.05, 0) is 46.2 Å². The average molecular weight is 279 g/mol. The fourth-order valence-electron chi connectivity index (χ4n) is 1.67. The Bertz CT molecular complexity index is 515. The highest BCUT2D eigenvalue weighted by Gasteiger charge is 2.32. The van der Waals surface area contributed by atoms with Crippen LogP contribution in [-0.2, 0) is 14.9 Å². The summed E-state index contributed by atoms with van der Waals surface area (Å²) in [5.74, 6) is -0.962. The van der Waals surface area contributed by atoms with Gasteiger partial charge in [0, 0.05) is 5.69 Å². The highest BCUT2D eigenvalue weighted by Crippen LogP contribution is 2.30. The quantitative estimate of drug-likeness (QED) is 0.889. The summed E-state index contributed by atoms with van der Waals surface area (Å²) in [4.78, 5) is 23.1. The minimum atomic E-state index is -1.11. The normalized spacial score (nSPS) is 11.8. The number of amides is 1. The molecule has 1 amide bonds. The highest BCUT2D eigenvalue weighted by molar-refractivity contribution is 5.89. The molecule has 1 aromatic rings. The number of nitrogens with one attached hydrogen (secondary N) is 1. The van der Waals surface area contributed by atoms with Crippen LogP contribution < -0.4 is 5.32 Å². The summed E-state index contributed by atoms with van der Waals surface area (Å²) in [5.41, 5.74) is -0.750. The zero-order valence-corrected chi connectivity index (χ0v) is 12.5. The number of para-hydroxylation sites is 1. The number of carboxylic acid groups (broad SMARTS) is 1. The molecule has 1 aromatic carbocycles. The topological polar surface area (TPSA) is 75.6 Å². The summed E-state index contributed by atoms with van der Waals surface area (Å²) in [6, 6.07) is 6.80. The van der Waals surface area contributed by atoms with Gasteiger partial charge in [-0.3, -0.25) is 10.1 Å². The molecule has 2 N–H and O–H groups in total. The number of benzene rings is 1. The lowest BCUT2D eigenvalue weighted by molar-refractivity contribution is -0.142. The van der Waals surface area contributed by atoms with E-state index in [4.69, 9.17) is 4.74 Å². The van der Waals surface area contributed by atoms with E-state index >= 15 is 0 Å². The molecule has 0 unspecified atom stereocenters. The van der Waals surface area contributed by atoms with Crippen LogP contribution in [0.15, 0.2) is 24.3 Å². The largest absolute Gasteiger partial charge is 0.481 e. The smallest absolute Gasteiger partial charge is 0.412 e. The number of rotatable bonds is 3. The summed E-state index contributed by atoms with van der Waals surface area (Å²) in [6.45, 7) is 8.47. The molecule has 1 rings (SSSR count). The van der Waals surface area contributed by atoms with Crippen LogP contribution in [0.4, 0.5) is 10.5 Å². The van der Waals surface area contributed by atoms with E-state index in [1.165, 1.54) is 0 Å². The Morgan fingerprint density at radius 2 is 1.65 bits per heavy atom. The van der Waals surface area contributed by atoms with Gasteiger partial charge in [0.1, 0.15) is 5.60 Å². The number of ether oxygens (including phenoxy) is 1. The molecule has 0 spiro atoms. The molecule has 0 aliphatic carbocycles. The molecule has 0 radical (unpaired) electrons. The average Bonchev–Trinajstić information content (AvgIpc) is 2.26. The van der Waals surface area contributed by atoms with Crippen molar-refractivity contribution in [3.05, 3.63) is 29.8 Å². The molecule has 0 aliphatic heterocycles. The highest BCUT2D eigenvalue weighted by atomic mass is 16.6. The fourth-order valence-corrected chi connectivity index (χ4v) is 1.67. The molecule has 0 aliphatic rings. The molecule has 110 valence electrons. The van der Waals surface area contributed by atoms with Gasteiger partial charge in [-0.2, -0.15) is 0 Å². The Hall–Kier alpha value is -2.04. The Morgan fingerprint density at radius 3 is 2.15 bits per heavy atom. The van der Waals surface area contributed by atoms with Crippen molar-refractivity contribution in [3.63, 3.8) is 0 Å². The van der Waals surface area contributed by atoms with Crippen molar-refractivity contribution in [2.24, 2.45) is 0 Å². The Balaban J connectivity index is 3.03. The van der Waals surface area contributed by atoms with Crippen molar-refractivity contribution in [2.75, 3.05) is 5.32 Å². The van der Waals surface area contributed by atoms with Crippen LogP contribution in [0.5, 0.6) is 0 Å². The number of hydrogen-bond acceptors (Lipinski definition) is 3. The first-order chi connectivity index (χ1) is 9.04. The molecule has 0 saturated carbocycles. The first-order valence-corrected chi connectivity index (χ1v) is 6.37. The fraction of sp³-hybridized carbons (Fsp3) is 0.467. The molecule has 20 heavy (non-hydrogen) atoms. The van der Waals surface area contributed by atoms with Gasteiger partial charge in [-0.15, -0.1) is 0 Å². The third-order valence-corrected chi connectivity index (χ3v) is 2.77. The SMILES string of the molecule is CC(C)(C)OC(=O)Nc1ccccc1C(C)(C)C(=O)O. The number of carbonyl (C=O) groups excluding carboxylic acids is 1. The lowest BCUT2D eigenvalue weighted by Gasteiger charge is -2.24. The molecule has 0 saturated heterocycles. The lowest BCUT2D eigenvalue weighted by atomic mass is 9.83. The van der Waals surface area contributed by atoms with Gasteiger partial charge in [0.25, 0.3) is 0 Å². The van der Waals surface area contributed by atoms with Gasteiger partial charge >= 0.3 is 12.1 Å². The monoisotopic (exact) mass is 279 g/mol. The summed E-state index contributed by atoms with van der Waals surface area (Å²) < 4.78 is 5.17. The maximum Gasteiger partial charge on any atom is 0.412 e. The van der Waals surface area contributed by atoms with Crippen LogP contribution >= 0.6 is 0 Å². The van der Waals surface area contributed by atoms with E-state index in [0.717, 1.165) is 0 Å². The lowest BCUT2D eigenvalue weighted by Crippen LogP contribution is -2.31. The summed E-state index contributed by atoms with van der Waals surface area (Å²) >= 11 is 0. The zero-order chi connectivity index (χ0) is 15.6. The molecular formula is C15H21NO4. The van der Waals surface area contributed by atoms with Crippen molar-refractivity contribution < 1.29 is 19.4 Å². The Morgan fingerprint density at radius 1 is 1.10 bits per heavy atom. The second kappa shape index (κ2) is 5.53. The van der Waals surface area contributed by atoms with Crippen LogP contribution in [-0.4, -0.2) is 22.8 Å². The first-order valence-electron chi connectivity index (χ1n) is 6.37. The van der Waals surface area contributed by atoms with Crippen molar-refractivity contribution in [2.45, 2.75) is 45.6 Å². The minimum absolute atomic E-state index is 0.439. The second-order valence-electron chi connectivity index (χ2n) is 6.10. The van der Waals surface area contributed by atoms with E-state index in [9.17, 15) is 14.7 Å². The van der Waals surface area contributed by atoms with E-state index < -0.39 is 23.1 Å². The van der Waals surface area contributed by atoms with Crippen LogP contribution in [0.3, 0.4) is 0 Å². The van der Waals surface area contributed by atoms with E-state index in [0.29, 0.717) is 11.3 Å². The molecule has 0 aromatic heterocycles. The molecule has 5 nitrogen and oxygen atoms in total. The molecular weight excluding hydrogens is 258 g/mol. The maximum atomic E-state index is 11.8. The third kappa shape index (κ3) is 3.98. The van der Waals surface area contributed by atoms with Crippen molar-refractivity contribution >= 4 is 17.7 Å². The molecule has 5 heteroatoms. The van der Waals surface area contributed by atoms with Gasteiger partial charge in [-0.25, -0.2) is 4.79 Å². The van der Waals surface area contributed by atoms with Gasteiger partial charge in [-0.1, -0.05) is 18.2 Å². The number of anilines is 1. The van der Waals surface area contributed by atoms with Gasteiger partial charge in [0.2, 0.25) is 0 Å². The van der Waals surface area contributed by atoms with Crippen molar-refractivity contribution in [3.8, 4) is 0 Å². The molecule has 0 atom stereocenters. The number of carboxylic acids is 1. The standard InChI is InChI=1S/C15H21NO4/c1-14(2,3)20-13(19)16-11-9-7-6-8-10(11)15(4,5)12(17)18/h6-9H,1-5H3,(H,16,19)(H,17,18). The molecule has 0 fully saturated rings. The van der Waals surface area contributed by atoms with Crippen LogP contribution in [0, 0.1) is 0 Å². The van der Waals surface area contributed by atoms with Crippen molar-refractivity contribution in [1.82, 2.24) is 0 Å². The summed E-state index contributed by atoms with van der Waals surface area (Å²) in [7, 11) is 0. The minimum Gasteiger partial charge on any atom is -0.481 e. The molecule has 0 bridgehead atoms. The van der Waals surface area contributed by atoms with Gasteiger partial charge in [0.15, 0.2) is 0 Å². The van der Waals surface area contributed by atoms with E-state index in [2.05, 4.69) is 5.32 Å². The number of aliphatic carboxylic acids is 1. The first kappa shape index (κ1) is 16.0. The van der Waals surface area contributed by atoms with Crippen LogP contribution in [0.1, 0.15) is 40.2 Å². The van der Waals surface area contributed by atoms with E-state index in [-0.39, 0.29) is 0 Å². The third-order valence-electron chi connectivity index (χ3n) is 2.77. The predicted molar refractivity (Wildman–Crippen MR) is 77.0 cm³/mol. The van der Waals surface area contributed by atoms with Crippen LogP contribution in [0.2, 0.25) is 0 Å². The van der Waals surface area contributed by atoms with Crippen molar-refractivity contribution in [1.29, 1.82) is 0 Å². The second-order valence-corrected chi connectivity index (χ2v) is 6.10. The number of hydrogen-bond donors (Lipinski definition) is 2. The number of carbonyl (C=O) groups is 2. The Kier molecular flexibility index (Phi) is 4.43. The van der Waals surface area contributed by atoms with E-state index in [1.807, 2.05) is 0 Å². The summed E-state index contributed by atoms with van der Waals surface area (Å²) in [5, 5.41) is 11.9. The summed E-state index contributed by atoms with van der Waals surface area (Å²) in [6.07, 6.45) is -0.605. The molecule has 0 heterocycles. The zero-order valence-electron chi connectivity index (χ0n) is 12.5. The predicted octanol–water partition coefficient (Wildman–Crippen LogP) is 3.40. The van der Waals surface area contributed by atoms with E-state index in [1.54, 1.807) is 58.9 Å².